The van der Waals surface area contributed by atoms with E-state index in [4.69, 9.17) is 21.0 Å². The van der Waals surface area contributed by atoms with Crippen LogP contribution in [0.3, 0.4) is 0 Å². The first kappa shape index (κ1) is 24.4. The first-order valence-corrected chi connectivity index (χ1v) is 12.4. The molecule has 5 rings (SSSR count). The van der Waals surface area contributed by atoms with Crippen molar-refractivity contribution in [2.24, 2.45) is 15.7 Å². The van der Waals surface area contributed by atoms with E-state index in [1.165, 1.54) is 0 Å². The molecule has 4 nitrogen and oxygen atoms in total. The molecule has 5 aromatic rings. The summed E-state index contributed by atoms with van der Waals surface area (Å²) in [4.78, 5) is 9.64. The normalized spacial score (nSPS) is 11.7. The zero-order valence-corrected chi connectivity index (χ0v) is 20.8. The summed E-state index contributed by atoms with van der Waals surface area (Å²) in [5, 5.41) is 9.05. The van der Waals surface area contributed by atoms with E-state index in [1.807, 2.05) is 97.1 Å². The number of nitrogens with two attached hydrogens (primary N) is 1. The highest BCUT2D eigenvalue weighted by molar-refractivity contribution is 6.10. The number of nitriles is 1. The standard InChI is InChI=1S/C34H26N4/c35-23-25-15-17-26(18-16-25)27-19-21-28(22-20-27)32-14-8-7-13-31(32)24-37-34(30-11-5-2-6-12-30)38-33(36)29-9-3-1-4-10-29/h1-22H,24H2,(H2,36,37,38). The van der Waals surface area contributed by atoms with Crippen LogP contribution in [0.1, 0.15) is 22.3 Å². The molecule has 0 aliphatic carbocycles. The molecule has 4 heteroatoms. The maximum absolute atomic E-state index is 9.05. The van der Waals surface area contributed by atoms with Crippen molar-refractivity contribution in [3.8, 4) is 28.3 Å². The van der Waals surface area contributed by atoms with E-state index < -0.39 is 0 Å². The van der Waals surface area contributed by atoms with Gasteiger partial charge in [0.15, 0.2) is 5.84 Å². The van der Waals surface area contributed by atoms with Crippen LogP contribution in [0.15, 0.2) is 143 Å². The molecule has 0 heterocycles. The van der Waals surface area contributed by atoms with Crippen molar-refractivity contribution in [1.29, 1.82) is 5.26 Å². The summed E-state index contributed by atoms with van der Waals surface area (Å²) in [7, 11) is 0. The quantitative estimate of drug-likeness (QED) is 0.201. The predicted molar refractivity (Wildman–Crippen MR) is 156 cm³/mol. The summed E-state index contributed by atoms with van der Waals surface area (Å²) in [5.41, 5.74) is 14.3. The van der Waals surface area contributed by atoms with Crippen LogP contribution in [-0.4, -0.2) is 11.7 Å². The average Bonchev–Trinajstić information content (AvgIpc) is 3.00. The minimum absolute atomic E-state index is 0.430. The lowest BCUT2D eigenvalue weighted by Crippen LogP contribution is -2.16. The first-order valence-electron chi connectivity index (χ1n) is 12.4. The Morgan fingerprint density at radius 3 is 1.76 bits per heavy atom. The summed E-state index contributed by atoms with van der Waals surface area (Å²) >= 11 is 0. The fourth-order valence-electron chi connectivity index (χ4n) is 4.25. The molecule has 38 heavy (non-hydrogen) atoms. The van der Waals surface area contributed by atoms with Crippen LogP contribution in [-0.2, 0) is 6.54 Å². The molecule has 0 aromatic heterocycles. The molecule has 5 aromatic carbocycles. The van der Waals surface area contributed by atoms with Gasteiger partial charge in [0.25, 0.3) is 0 Å². The van der Waals surface area contributed by atoms with Crippen LogP contribution < -0.4 is 5.73 Å². The number of aliphatic imine (C=N–C) groups is 2. The molecule has 0 fully saturated rings. The van der Waals surface area contributed by atoms with Gasteiger partial charge in [0.05, 0.1) is 18.2 Å². The van der Waals surface area contributed by atoms with Crippen molar-refractivity contribution in [3.05, 3.63) is 156 Å². The Morgan fingerprint density at radius 2 is 1.13 bits per heavy atom. The van der Waals surface area contributed by atoms with Crippen LogP contribution in [0, 0.1) is 11.3 Å². The van der Waals surface area contributed by atoms with Gasteiger partial charge >= 0.3 is 0 Å². The fourth-order valence-corrected chi connectivity index (χ4v) is 4.25. The van der Waals surface area contributed by atoms with Gasteiger partial charge in [-0.15, -0.1) is 0 Å². The maximum atomic E-state index is 9.05. The molecule has 0 aliphatic heterocycles. The Balaban J connectivity index is 1.45. The number of hydrogen-bond donors (Lipinski definition) is 1. The Labute approximate surface area is 223 Å². The Hall–Kier alpha value is -5.27. The third kappa shape index (κ3) is 5.75. The molecule has 0 spiro atoms. The lowest BCUT2D eigenvalue weighted by molar-refractivity contribution is 1.06. The monoisotopic (exact) mass is 490 g/mol. The van der Waals surface area contributed by atoms with Crippen molar-refractivity contribution < 1.29 is 0 Å². The van der Waals surface area contributed by atoms with Crippen molar-refractivity contribution in [2.45, 2.75) is 6.54 Å². The topological polar surface area (TPSA) is 74.5 Å². The summed E-state index contributed by atoms with van der Waals surface area (Å²) in [6.07, 6.45) is 0. The fraction of sp³-hybridized carbons (Fsp3) is 0.0294. The van der Waals surface area contributed by atoms with E-state index >= 15 is 0 Å². The van der Waals surface area contributed by atoms with E-state index in [0.717, 1.165) is 38.9 Å². The highest BCUT2D eigenvalue weighted by Crippen LogP contribution is 2.28. The molecule has 0 bridgehead atoms. The zero-order valence-electron chi connectivity index (χ0n) is 20.8. The zero-order chi connectivity index (χ0) is 26.2. The van der Waals surface area contributed by atoms with Gasteiger partial charge < -0.3 is 5.73 Å². The molecular weight excluding hydrogens is 464 g/mol. The second-order valence-electron chi connectivity index (χ2n) is 8.79. The highest BCUT2D eigenvalue weighted by atomic mass is 15.0. The van der Waals surface area contributed by atoms with Crippen LogP contribution >= 0.6 is 0 Å². The molecule has 0 saturated heterocycles. The molecule has 0 atom stereocenters. The minimum atomic E-state index is 0.430. The molecule has 0 unspecified atom stereocenters. The lowest BCUT2D eigenvalue weighted by atomic mass is 9.96. The van der Waals surface area contributed by atoms with Gasteiger partial charge in [-0.05, 0) is 39.9 Å². The molecule has 182 valence electrons. The van der Waals surface area contributed by atoms with Crippen molar-refractivity contribution in [1.82, 2.24) is 0 Å². The number of amidine groups is 2. The molecular formula is C34H26N4. The van der Waals surface area contributed by atoms with Gasteiger partial charge in [-0.25, -0.2) is 4.99 Å². The number of rotatable bonds is 6. The summed E-state index contributed by atoms with van der Waals surface area (Å²) < 4.78 is 0. The van der Waals surface area contributed by atoms with Crippen molar-refractivity contribution in [2.75, 3.05) is 0 Å². The summed E-state index contributed by atoms with van der Waals surface area (Å²) in [6, 6.07) is 46.2. The first-order chi connectivity index (χ1) is 18.7. The number of hydrogen-bond acceptors (Lipinski definition) is 2. The third-order valence-corrected chi connectivity index (χ3v) is 6.29. The lowest BCUT2D eigenvalue weighted by Gasteiger charge is -2.10. The molecule has 0 aliphatic rings. The van der Waals surface area contributed by atoms with E-state index in [2.05, 4.69) is 42.5 Å². The molecule has 0 radical (unpaired) electrons. The Bertz CT molecular complexity index is 1610. The van der Waals surface area contributed by atoms with Crippen molar-refractivity contribution in [3.63, 3.8) is 0 Å². The van der Waals surface area contributed by atoms with E-state index in [9.17, 15) is 0 Å². The second kappa shape index (κ2) is 11.6. The molecule has 0 saturated carbocycles. The van der Waals surface area contributed by atoms with Gasteiger partial charge in [-0.2, -0.15) is 5.26 Å². The molecule has 0 amide bonds. The predicted octanol–water partition coefficient (Wildman–Crippen LogP) is 7.24. The maximum Gasteiger partial charge on any atom is 0.157 e. The SMILES string of the molecule is N#Cc1ccc(-c2ccc(-c3ccccc3CN=C(N=C(N)c3ccccc3)c3ccccc3)cc2)cc1. The summed E-state index contributed by atoms with van der Waals surface area (Å²) in [5.74, 6) is 1.03. The average molecular weight is 491 g/mol. The van der Waals surface area contributed by atoms with E-state index in [1.54, 1.807) is 0 Å². The Kier molecular flexibility index (Phi) is 7.48. The van der Waals surface area contributed by atoms with Gasteiger partial charge in [0, 0.05) is 11.1 Å². The van der Waals surface area contributed by atoms with Crippen molar-refractivity contribution >= 4 is 11.7 Å². The van der Waals surface area contributed by atoms with Crippen LogP contribution in [0.2, 0.25) is 0 Å². The van der Waals surface area contributed by atoms with Crippen LogP contribution in [0.25, 0.3) is 22.3 Å². The summed E-state index contributed by atoms with van der Waals surface area (Å²) in [6.45, 7) is 0.462. The van der Waals surface area contributed by atoms with Gasteiger partial charge in [-0.1, -0.05) is 121 Å². The van der Waals surface area contributed by atoms with Gasteiger partial charge in [-0.3, -0.25) is 4.99 Å². The Morgan fingerprint density at radius 1 is 0.605 bits per heavy atom. The third-order valence-electron chi connectivity index (χ3n) is 6.29. The molecule has 2 N–H and O–H groups in total. The van der Waals surface area contributed by atoms with Crippen LogP contribution in [0.5, 0.6) is 0 Å². The van der Waals surface area contributed by atoms with E-state index in [0.29, 0.717) is 23.8 Å². The van der Waals surface area contributed by atoms with Gasteiger partial charge in [0.2, 0.25) is 0 Å². The number of nitrogens with zero attached hydrogens (tertiary/aromatic N) is 3. The van der Waals surface area contributed by atoms with Gasteiger partial charge in [0.1, 0.15) is 5.84 Å². The largest absolute Gasteiger partial charge is 0.383 e. The van der Waals surface area contributed by atoms with Crippen LogP contribution in [0.4, 0.5) is 0 Å². The minimum Gasteiger partial charge on any atom is -0.383 e. The smallest absolute Gasteiger partial charge is 0.157 e. The second-order valence-corrected chi connectivity index (χ2v) is 8.79. The number of benzene rings is 5. The highest BCUT2D eigenvalue weighted by Gasteiger charge is 2.08. The van der Waals surface area contributed by atoms with E-state index in [-0.39, 0.29) is 0 Å².